The van der Waals surface area contributed by atoms with Gasteiger partial charge in [0.2, 0.25) is 0 Å². The minimum atomic E-state index is 0.628. The molecule has 1 aliphatic rings. The fourth-order valence-corrected chi connectivity index (χ4v) is 2.85. The van der Waals surface area contributed by atoms with Crippen LogP contribution in [0.15, 0.2) is 16.7 Å². The van der Waals surface area contributed by atoms with Crippen LogP contribution in [0, 0.1) is 5.92 Å². The topological polar surface area (TPSA) is 37.4 Å². The van der Waals surface area contributed by atoms with E-state index < -0.39 is 0 Å². The van der Waals surface area contributed by atoms with Gasteiger partial charge in [-0.2, -0.15) is 0 Å². The standard InChI is InChI=1S/C13H20BrN3O/c1-15-6-11-5-12(14)7-16-13(11)17-4-3-10(8-17)9-18-2/h5,7,10,15H,3-4,6,8-9H2,1-2H3. The van der Waals surface area contributed by atoms with Crippen molar-refractivity contribution < 1.29 is 4.74 Å². The summed E-state index contributed by atoms with van der Waals surface area (Å²) in [5, 5.41) is 3.20. The van der Waals surface area contributed by atoms with E-state index in [4.69, 9.17) is 4.74 Å². The van der Waals surface area contributed by atoms with Gasteiger partial charge in [-0.25, -0.2) is 4.98 Å². The third-order valence-corrected chi connectivity index (χ3v) is 3.70. The van der Waals surface area contributed by atoms with E-state index >= 15 is 0 Å². The monoisotopic (exact) mass is 313 g/mol. The largest absolute Gasteiger partial charge is 0.384 e. The van der Waals surface area contributed by atoms with E-state index in [9.17, 15) is 0 Å². The van der Waals surface area contributed by atoms with Gasteiger partial charge in [-0.05, 0) is 35.5 Å². The Hall–Kier alpha value is -0.650. The zero-order chi connectivity index (χ0) is 13.0. The molecule has 1 N–H and O–H groups in total. The van der Waals surface area contributed by atoms with E-state index in [2.05, 4.69) is 37.2 Å². The SMILES string of the molecule is CNCc1cc(Br)cnc1N1CCC(COC)C1. The molecule has 0 amide bonds. The molecule has 18 heavy (non-hydrogen) atoms. The van der Waals surface area contributed by atoms with Crippen LogP contribution in [0.5, 0.6) is 0 Å². The molecule has 1 aliphatic heterocycles. The molecular formula is C13H20BrN3O. The summed E-state index contributed by atoms with van der Waals surface area (Å²) < 4.78 is 6.27. The molecule has 0 aromatic carbocycles. The molecule has 5 heteroatoms. The zero-order valence-electron chi connectivity index (χ0n) is 10.9. The molecule has 4 nitrogen and oxygen atoms in total. The van der Waals surface area contributed by atoms with Gasteiger partial charge in [0.1, 0.15) is 5.82 Å². The Labute approximate surface area is 117 Å². The smallest absolute Gasteiger partial charge is 0.133 e. The number of halogens is 1. The summed E-state index contributed by atoms with van der Waals surface area (Å²) in [4.78, 5) is 6.94. The number of hydrogen-bond acceptors (Lipinski definition) is 4. The minimum Gasteiger partial charge on any atom is -0.384 e. The highest BCUT2D eigenvalue weighted by atomic mass is 79.9. The number of pyridine rings is 1. The predicted octanol–water partition coefficient (Wildman–Crippen LogP) is 2.04. The molecule has 2 rings (SSSR count). The Morgan fingerprint density at radius 3 is 3.17 bits per heavy atom. The Bertz CT molecular complexity index is 400. The van der Waals surface area contributed by atoms with E-state index in [0.717, 1.165) is 36.5 Å². The maximum absolute atomic E-state index is 5.24. The summed E-state index contributed by atoms with van der Waals surface area (Å²) in [6, 6.07) is 2.14. The molecule has 1 fully saturated rings. The molecule has 1 unspecified atom stereocenters. The molecule has 1 saturated heterocycles. The summed E-state index contributed by atoms with van der Waals surface area (Å²) in [6.07, 6.45) is 3.06. The summed E-state index contributed by atoms with van der Waals surface area (Å²) in [5.74, 6) is 1.73. The Morgan fingerprint density at radius 1 is 1.61 bits per heavy atom. The van der Waals surface area contributed by atoms with Gasteiger partial charge in [0, 0.05) is 48.9 Å². The lowest BCUT2D eigenvalue weighted by Gasteiger charge is -2.21. The summed E-state index contributed by atoms with van der Waals surface area (Å²) >= 11 is 3.48. The number of rotatable bonds is 5. The first kappa shape index (κ1) is 13.8. The van der Waals surface area contributed by atoms with Gasteiger partial charge in [0.05, 0.1) is 6.61 Å². The van der Waals surface area contributed by atoms with E-state index in [1.54, 1.807) is 7.11 Å². The van der Waals surface area contributed by atoms with Gasteiger partial charge in [-0.1, -0.05) is 0 Å². The van der Waals surface area contributed by atoms with Crippen molar-refractivity contribution in [2.45, 2.75) is 13.0 Å². The van der Waals surface area contributed by atoms with Crippen LogP contribution in [0.1, 0.15) is 12.0 Å². The van der Waals surface area contributed by atoms with E-state index in [-0.39, 0.29) is 0 Å². The van der Waals surface area contributed by atoms with Crippen molar-refractivity contribution in [2.24, 2.45) is 5.92 Å². The number of nitrogens with zero attached hydrogens (tertiary/aromatic N) is 2. The fraction of sp³-hybridized carbons (Fsp3) is 0.615. The maximum Gasteiger partial charge on any atom is 0.133 e. The van der Waals surface area contributed by atoms with Crippen LogP contribution in [-0.4, -0.2) is 38.8 Å². The van der Waals surface area contributed by atoms with Crippen molar-refractivity contribution in [3.8, 4) is 0 Å². The molecule has 2 heterocycles. The zero-order valence-corrected chi connectivity index (χ0v) is 12.5. The molecular weight excluding hydrogens is 294 g/mol. The van der Waals surface area contributed by atoms with Crippen LogP contribution in [0.25, 0.3) is 0 Å². The molecule has 0 radical (unpaired) electrons. The highest BCUT2D eigenvalue weighted by Crippen LogP contribution is 2.27. The molecule has 0 aliphatic carbocycles. The second kappa shape index (κ2) is 6.50. The molecule has 100 valence electrons. The molecule has 1 aromatic rings. The van der Waals surface area contributed by atoms with Crippen molar-refractivity contribution in [3.05, 3.63) is 22.3 Å². The van der Waals surface area contributed by atoms with Crippen molar-refractivity contribution in [1.29, 1.82) is 0 Å². The maximum atomic E-state index is 5.24. The second-order valence-corrected chi connectivity index (χ2v) is 5.64. The molecule has 0 saturated carbocycles. The first-order valence-corrected chi connectivity index (χ1v) is 7.06. The quantitative estimate of drug-likeness (QED) is 0.902. The molecule has 0 bridgehead atoms. The van der Waals surface area contributed by atoms with Crippen molar-refractivity contribution in [1.82, 2.24) is 10.3 Å². The van der Waals surface area contributed by atoms with Gasteiger partial charge >= 0.3 is 0 Å². The third-order valence-electron chi connectivity index (χ3n) is 3.26. The summed E-state index contributed by atoms with van der Waals surface area (Å²) in [5.41, 5.74) is 1.24. The lowest BCUT2D eigenvalue weighted by Crippen LogP contribution is -2.24. The van der Waals surface area contributed by atoms with Crippen LogP contribution in [0.3, 0.4) is 0 Å². The van der Waals surface area contributed by atoms with Crippen LogP contribution in [0.2, 0.25) is 0 Å². The van der Waals surface area contributed by atoms with Gasteiger partial charge in [-0.3, -0.25) is 0 Å². The molecule has 1 atom stereocenters. The lowest BCUT2D eigenvalue weighted by molar-refractivity contribution is 0.161. The van der Waals surface area contributed by atoms with Crippen LogP contribution >= 0.6 is 15.9 Å². The van der Waals surface area contributed by atoms with Crippen LogP contribution in [-0.2, 0) is 11.3 Å². The number of anilines is 1. The van der Waals surface area contributed by atoms with Gasteiger partial charge in [0.15, 0.2) is 0 Å². The highest BCUT2D eigenvalue weighted by molar-refractivity contribution is 9.10. The van der Waals surface area contributed by atoms with E-state index in [1.165, 1.54) is 12.0 Å². The highest BCUT2D eigenvalue weighted by Gasteiger charge is 2.24. The van der Waals surface area contributed by atoms with Crippen LogP contribution < -0.4 is 10.2 Å². The van der Waals surface area contributed by atoms with Gasteiger partial charge in [0.25, 0.3) is 0 Å². The van der Waals surface area contributed by atoms with Gasteiger partial charge < -0.3 is 15.0 Å². The molecule has 1 aromatic heterocycles. The number of hydrogen-bond donors (Lipinski definition) is 1. The summed E-state index contributed by atoms with van der Waals surface area (Å²) in [7, 11) is 3.73. The van der Waals surface area contributed by atoms with Crippen molar-refractivity contribution >= 4 is 21.7 Å². The fourth-order valence-electron chi connectivity index (χ4n) is 2.48. The predicted molar refractivity (Wildman–Crippen MR) is 76.9 cm³/mol. The average Bonchev–Trinajstić information content (AvgIpc) is 2.79. The van der Waals surface area contributed by atoms with Crippen molar-refractivity contribution in [2.75, 3.05) is 38.8 Å². The first-order valence-electron chi connectivity index (χ1n) is 6.27. The normalized spacial score (nSPS) is 19.5. The Kier molecular flexibility index (Phi) is 4.97. The third kappa shape index (κ3) is 3.22. The Morgan fingerprint density at radius 2 is 2.44 bits per heavy atom. The van der Waals surface area contributed by atoms with E-state index in [1.807, 2.05) is 13.2 Å². The van der Waals surface area contributed by atoms with Crippen LogP contribution in [0.4, 0.5) is 5.82 Å². The summed E-state index contributed by atoms with van der Waals surface area (Å²) in [6.45, 7) is 3.79. The minimum absolute atomic E-state index is 0.628. The van der Waals surface area contributed by atoms with Crippen molar-refractivity contribution in [3.63, 3.8) is 0 Å². The average molecular weight is 314 g/mol. The van der Waals surface area contributed by atoms with E-state index in [0.29, 0.717) is 5.92 Å². The number of nitrogens with one attached hydrogen (secondary N) is 1. The number of methoxy groups -OCH3 is 1. The Balaban J connectivity index is 2.13. The molecule has 0 spiro atoms. The number of aromatic nitrogens is 1. The lowest BCUT2D eigenvalue weighted by atomic mass is 10.1. The number of ether oxygens (including phenoxy) is 1. The van der Waals surface area contributed by atoms with Gasteiger partial charge in [-0.15, -0.1) is 0 Å². The second-order valence-electron chi connectivity index (χ2n) is 4.72. The first-order chi connectivity index (χ1) is 8.74.